The molecular formula is C17H17N3O2. The molecule has 2 N–H and O–H groups in total. The number of nitrogen functional groups attached to an aromatic ring is 1. The first kappa shape index (κ1) is 14.1. The first-order valence-electron chi connectivity index (χ1n) is 6.93. The number of anilines is 1. The van der Waals surface area contributed by atoms with Gasteiger partial charge in [-0.05, 0) is 30.3 Å². The van der Waals surface area contributed by atoms with Crippen LogP contribution in [-0.2, 0) is 6.42 Å². The minimum absolute atomic E-state index is 0.494. The normalized spacial score (nSPS) is 10.6. The maximum absolute atomic E-state index is 6.10. The van der Waals surface area contributed by atoms with Crippen LogP contribution in [0.5, 0.6) is 11.5 Å². The van der Waals surface area contributed by atoms with Crippen molar-refractivity contribution in [2.75, 3.05) is 20.0 Å². The van der Waals surface area contributed by atoms with E-state index in [1.165, 1.54) is 0 Å². The maximum Gasteiger partial charge on any atom is 0.127 e. The summed E-state index contributed by atoms with van der Waals surface area (Å²) in [5, 5.41) is 0. The van der Waals surface area contributed by atoms with Crippen molar-refractivity contribution in [3.05, 3.63) is 53.7 Å². The summed E-state index contributed by atoms with van der Waals surface area (Å²) in [6.07, 6.45) is 2.31. The largest absolute Gasteiger partial charge is 0.496 e. The molecule has 1 aromatic carbocycles. The van der Waals surface area contributed by atoms with Gasteiger partial charge in [0, 0.05) is 23.7 Å². The molecule has 0 atom stereocenters. The van der Waals surface area contributed by atoms with Gasteiger partial charge in [-0.2, -0.15) is 0 Å². The van der Waals surface area contributed by atoms with Gasteiger partial charge in [0.05, 0.1) is 25.3 Å². The fraction of sp³-hybridized carbons (Fsp3) is 0.176. The molecule has 0 aliphatic carbocycles. The Morgan fingerprint density at radius 3 is 2.41 bits per heavy atom. The van der Waals surface area contributed by atoms with E-state index in [2.05, 4.69) is 9.97 Å². The molecule has 0 fully saturated rings. The second-order valence-electron chi connectivity index (χ2n) is 4.89. The molecule has 0 radical (unpaired) electrons. The van der Waals surface area contributed by atoms with Gasteiger partial charge in [-0.1, -0.05) is 6.07 Å². The van der Waals surface area contributed by atoms with Crippen LogP contribution in [0.3, 0.4) is 0 Å². The Morgan fingerprint density at radius 2 is 1.73 bits per heavy atom. The SMILES string of the molecule is COc1cccc(OC)c1Cc1cc2ncccc2nc1N. The predicted molar refractivity (Wildman–Crippen MR) is 86.3 cm³/mol. The van der Waals surface area contributed by atoms with Crippen LogP contribution in [0.25, 0.3) is 11.0 Å². The van der Waals surface area contributed by atoms with E-state index in [9.17, 15) is 0 Å². The number of hydrogen-bond donors (Lipinski definition) is 1. The molecule has 5 nitrogen and oxygen atoms in total. The topological polar surface area (TPSA) is 70.3 Å². The van der Waals surface area contributed by atoms with Gasteiger partial charge in [0.25, 0.3) is 0 Å². The van der Waals surface area contributed by atoms with Crippen molar-refractivity contribution in [2.45, 2.75) is 6.42 Å². The molecule has 0 saturated carbocycles. The Hall–Kier alpha value is -2.82. The Balaban J connectivity index is 2.08. The lowest BCUT2D eigenvalue weighted by Crippen LogP contribution is -2.03. The van der Waals surface area contributed by atoms with Crippen LogP contribution in [0.15, 0.2) is 42.6 Å². The Morgan fingerprint density at radius 1 is 1.00 bits per heavy atom. The molecule has 2 aromatic heterocycles. The number of aromatic nitrogens is 2. The molecule has 0 aliphatic heterocycles. The van der Waals surface area contributed by atoms with Crippen molar-refractivity contribution >= 4 is 16.9 Å². The van der Waals surface area contributed by atoms with Crippen molar-refractivity contribution in [3.63, 3.8) is 0 Å². The summed E-state index contributed by atoms with van der Waals surface area (Å²) >= 11 is 0. The van der Waals surface area contributed by atoms with Gasteiger partial charge in [-0.25, -0.2) is 4.98 Å². The number of benzene rings is 1. The number of fused-ring (bicyclic) bond motifs is 1. The fourth-order valence-corrected chi connectivity index (χ4v) is 2.49. The highest BCUT2D eigenvalue weighted by Gasteiger charge is 2.13. The minimum atomic E-state index is 0.494. The van der Waals surface area contributed by atoms with Gasteiger partial charge < -0.3 is 15.2 Å². The molecule has 0 unspecified atom stereocenters. The molecule has 112 valence electrons. The highest BCUT2D eigenvalue weighted by atomic mass is 16.5. The zero-order valence-electron chi connectivity index (χ0n) is 12.5. The van der Waals surface area contributed by atoms with Gasteiger partial charge in [0.15, 0.2) is 0 Å². The van der Waals surface area contributed by atoms with Crippen LogP contribution < -0.4 is 15.2 Å². The Labute approximate surface area is 128 Å². The number of methoxy groups -OCH3 is 2. The first-order chi connectivity index (χ1) is 10.7. The lowest BCUT2D eigenvalue weighted by molar-refractivity contribution is 0.387. The molecule has 22 heavy (non-hydrogen) atoms. The van der Waals surface area contributed by atoms with Crippen LogP contribution in [0.2, 0.25) is 0 Å². The van der Waals surface area contributed by atoms with Gasteiger partial charge in [0.1, 0.15) is 17.3 Å². The average Bonchev–Trinajstić information content (AvgIpc) is 2.55. The van der Waals surface area contributed by atoms with E-state index in [0.717, 1.165) is 33.7 Å². The summed E-state index contributed by atoms with van der Waals surface area (Å²) in [6.45, 7) is 0. The third kappa shape index (κ3) is 2.53. The Kier molecular flexibility index (Phi) is 3.78. The summed E-state index contributed by atoms with van der Waals surface area (Å²) in [5.41, 5.74) is 9.54. The first-order valence-corrected chi connectivity index (χ1v) is 6.93. The lowest BCUT2D eigenvalue weighted by atomic mass is 10.0. The average molecular weight is 295 g/mol. The van der Waals surface area contributed by atoms with Gasteiger partial charge >= 0.3 is 0 Å². The monoisotopic (exact) mass is 295 g/mol. The van der Waals surface area contributed by atoms with Crippen LogP contribution in [0.1, 0.15) is 11.1 Å². The van der Waals surface area contributed by atoms with E-state index < -0.39 is 0 Å². The molecular weight excluding hydrogens is 278 g/mol. The van der Waals surface area contributed by atoms with Gasteiger partial charge in [-0.3, -0.25) is 4.98 Å². The maximum atomic E-state index is 6.10. The molecule has 3 aromatic rings. The van der Waals surface area contributed by atoms with E-state index in [0.29, 0.717) is 12.2 Å². The zero-order valence-corrected chi connectivity index (χ0v) is 12.5. The van der Waals surface area contributed by atoms with Gasteiger partial charge in [0.2, 0.25) is 0 Å². The predicted octanol–water partition coefficient (Wildman–Crippen LogP) is 2.82. The number of rotatable bonds is 4. The molecule has 2 heterocycles. The molecule has 3 rings (SSSR count). The minimum Gasteiger partial charge on any atom is -0.496 e. The summed E-state index contributed by atoms with van der Waals surface area (Å²) in [4.78, 5) is 8.75. The molecule has 0 aliphatic rings. The number of pyridine rings is 2. The van der Waals surface area contributed by atoms with Crippen molar-refractivity contribution in [1.29, 1.82) is 0 Å². The van der Waals surface area contributed by atoms with Crippen molar-refractivity contribution in [1.82, 2.24) is 9.97 Å². The molecule has 0 amide bonds. The second kappa shape index (κ2) is 5.89. The van der Waals surface area contributed by atoms with E-state index in [4.69, 9.17) is 15.2 Å². The molecule has 0 spiro atoms. The lowest BCUT2D eigenvalue weighted by Gasteiger charge is -2.14. The van der Waals surface area contributed by atoms with E-state index in [-0.39, 0.29) is 0 Å². The quantitative estimate of drug-likeness (QED) is 0.801. The highest BCUT2D eigenvalue weighted by molar-refractivity contribution is 5.77. The third-order valence-electron chi connectivity index (χ3n) is 3.59. The van der Waals surface area contributed by atoms with Crippen molar-refractivity contribution < 1.29 is 9.47 Å². The second-order valence-corrected chi connectivity index (χ2v) is 4.89. The van der Waals surface area contributed by atoms with Crippen LogP contribution >= 0.6 is 0 Å². The number of nitrogens with zero attached hydrogens (tertiary/aromatic N) is 2. The van der Waals surface area contributed by atoms with Gasteiger partial charge in [-0.15, -0.1) is 0 Å². The number of ether oxygens (including phenoxy) is 2. The standard InChI is InChI=1S/C17H17N3O2/c1-21-15-6-3-7-16(22-2)12(15)9-11-10-14-13(20-17(11)18)5-4-8-19-14/h3-8,10H,9H2,1-2H3,(H2,18,20). The molecule has 5 heteroatoms. The summed E-state index contributed by atoms with van der Waals surface area (Å²) in [6, 6.07) is 11.4. The van der Waals surface area contributed by atoms with Crippen LogP contribution in [0.4, 0.5) is 5.82 Å². The summed E-state index contributed by atoms with van der Waals surface area (Å²) in [7, 11) is 3.28. The van der Waals surface area contributed by atoms with Crippen LogP contribution in [-0.4, -0.2) is 24.2 Å². The zero-order chi connectivity index (χ0) is 15.5. The molecule has 0 saturated heterocycles. The summed E-state index contributed by atoms with van der Waals surface area (Å²) < 4.78 is 10.9. The molecule has 0 bridgehead atoms. The van der Waals surface area contributed by atoms with Crippen molar-refractivity contribution in [3.8, 4) is 11.5 Å². The summed E-state index contributed by atoms with van der Waals surface area (Å²) in [5.74, 6) is 2.02. The van der Waals surface area contributed by atoms with E-state index in [1.54, 1.807) is 20.4 Å². The van der Waals surface area contributed by atoms with Crippen molar-refractivity contribution in [2.24, 2.45) is 0 Å². The number of nitrogens with two attached hydrogens (primary N) is 1. The number of hydrogen-bond acceptors (Lipinski definition) is 5. The van der Waals surface area contributed by atoms with Crippen LogP contribution in [0, 0.1) is 0 Å². The van der Waals surface area contributed by atoms with E-state index >= 15 is 0 Å². The van der Waals surface area contributed by atoms with E-state index in [1.807, 2.05) is 36.4 Å². The fourth-order valence-electron chi connectivity index (χ4n) is 2.49. The Bertz CT molecular complexity index is 796. The third-order valence-corrected chi connectivity index (χ3v) is 3.59. The highest BCUT2D eigenvalue weighted by Crippen LogP contribution is 2.32. The smallest absolute Gasteiger partial charge is 0.127 e.